The number of hydrogen-bond donors (Lipinski definition) is 2. The summed E-state index contributed by atoms with van der Waals surface area (Å²) in [5, 5.41) is 6.24. The van der Waals surface area contributed by atoms with E-state index in [0.717, 1.165) is 25.7 Å². The molecule has 0 unspecified atom stereocenters. The number of ether oxygens (including phenoxy) is 1. The van der Waals surface area contributed by atoms with Crippen LogP contribution in [0.1, 0.15) is 53.0 Å². The number of pyridine rings is 1. The van der Waals surface area contributed by atoms with Gasteiger partial charge in [0.25, 0.3) is 11.8 Å². The molecule has 1 aliphatic rings. The number of rotatable bonds is 5. The summed E-state index contributed by atoms with van der Waals surface area (Å²) >= 11 is 5.99. The Morgan fingerprint density at radius 2 is 1.89 bits per heavy atom. The van der Waals surface area contributed by atoms with Crippen LogP contribution in [0.2, 0.25) is 5.02 Å². The summed E-state index contributed by atoms with van der Waals surface area (Å²) in [7, 11) is 1.51. The number of nitrogens with zero attached hydrogens (tertiary/aromatic N) is 1. The maximum absolute atomic E-state index is 12.6. The first kappa shape index (κ1) is 19.2. The molecule has 1 saturated carbocycles. The van der Waals surface area contributed by atoms with E-state index in [1.165, 1.54) is 25.8 Å². The first-order valence-corrected chi connectivity index (χ1v) is 9.36. The van der Waals surface area contributed by atoms with Gasteiger partial charge in [-0.3, -0.25) is 14.6 Å². The zero-order valence-corrected chi connectivity index (χ0v) is 15.9. The van der Waals surface area contributed by atoms with E-state index in [1.807, 2.05) is 0 Å². The highest BCUT2D eigenvalue weighted by Crippen LogP contribution is 2.28. The smallest absolute Gasteiger partial charge is 0.270 e. The number of carbonyl (C=O) groups is 2. The van der Waals surface area contributed by atoms with Crippen molar-refractivity contribution < 1.29 is 14.3 Å². The van der Waals surface area contributed by atoms with E-state index in [2.05, 4.69) is 15.6 Å². The van der Waals surface area contributed by atoms with Crippen molar-refractivity contribution >= 4 is 29.1 Å². The molecular weight excluding hydrogens is 366 g/mol. The SMILES string of the molecule is COc1ccc(Cl)cc1NC(=O)c1ccnc(C(=O)NC2CCCCC2)c1. The minimum atomic E-state index is -0.371. The summed E-state index contributed by atoms with van der Waals surface area (Å²) in [5.41, 5.74) is 1.02. The van der Waals surface area contributed by atoms with Crippen molar-refractivity contribution in [1.29, 1.82) is 0 Å². The molecular formula is C20H22ClN3O3. The summed E-state index contributed by atoms with van der Waals surface area (Å²) in [6.07, 6.45) is 6.90. The largest absolute Gasteiger partial charge is 0.495 e. The predicted octanol–water partition coefficient (Wildman–Crippen LogP) is 4.06. The number of aromatic nitrogens is 1. The molecule has 3 rings (SSSR count). The van der Waals surface area contributed by atoms with Crippen molar-refractivity contribution in [3.8, 4) is 5.75 Å². The van der Waals surface area contributed by atoms with E-state index in [1.54, 1.807) is 24.3 Å². The molecule has 0 spiro atoms. The Morgan fingerprint density at radius 1 is 1.11 bits per heavy atom. The molecule has 0 aliphatic heterocycles. The lowest BCUT2D eigenvalue weighted by Gasteiger charge is -2.22. The lowest BCUT2D eigenvalue weighted by atomic mass is 9.95. The summed E-state index contributed by atoms with van der Waals surface area (Å²) in [6.45, 7) is 0. The van der Waals surface area contributed by atoms with Gasteiger partial charge in [0.2, 0.25) is 0 Å². The quantitative estimate of drug-likeness (QED) is 0.810. The molecule has 6 nitrogen and oxygen atoms in total. The third-order valence-electron chi connectivity index (χ3n) is 4.60. The number of amides is 2. The normalized spacial score (nSPS) is 14.4. The Kier molecular flexibility index (Phi) is 6.29. The van der Waals surface area contributed by atoms with Crippen molar-refractivity contribution in [3.05, 3.63) is 52.8 Å². The molecule has 1 heterocycles. The second-order valence-corrected chi connectivity index (χ2v) is 6.97. The van der Waals surface area contributed by atoms with Crippen LogP contribution in [0.4, 0.5) is 5.69 Å². The number of hydrogen-bond acceptors (Lipinski definition) is 4. The number of carbonyl (C=O) groups excluding carboxylic acids is 2. The van der Waals surface area contributed by atoms with Crippen LogP contribution in [0.25, 0.3) is 0 Å². The van der Waals surface area contributed by atoms with Gasteiger partial charge in [-0.15, -0.1) is 0 Å². The van der Waals surface area contributed by atoms with Gasteiger partial charge in [-0.1, -0.05) is 30.9 Å². The van der Waals surface area contributed by atoms with Gasteiger partial charge in [-0.25, -0.2) is 0 Å². The van der Waals surface area contributed by atoms with Crippen LogP contribution in [-0.2, 0) is 0 Å². The molecule has 2 amide bonds. The fraction of sp³-hybridized carbons (Fsp3) is 0.350. The molecule has 1 fully saturated rings. The first-order valence-electron chi connectivity index (χ1n) is 8.98. The number of halogens is 1. The molecule has 0 atom stereocenters. The van der Waals surface area contributed by atoms with Gasteiger partial charge in [-0.2, -0.15) is 0 Å². The van der Waals surface area contributed by atoms with Crippen molar-refractivity contribution in [2.24, 2.45) is 0 Å². The lowest BCUT2D eigenvalue weighted by molar-refractivity contribution is 0.0922. The average molecular weight is 388 g/mol. The molecule has 0 saturated heterocycles. The summed E-state index contributed by atoms with van der Waals surface area (Å²) in [4.78, 5) is 29.1. The van der Waals surface area contributed by atoms with Gasteiger partial charge >= 0.3 is 0 Å². The number of anilines is 1. The molecule has 1 aromatic heterocycles. The van der Waals surface area contributed by atoms with Crippen LogP contribution in [-0.4, -0.2) is 29.9 Å². The van der Waals surface area contributed by atoms with Crippen LogP contribution in [0.5, 0.6) is 5.75 Å². The Labute approximate surface area is 163 Å². The van der Waals surface area contributed by atoms with E-state index in [4.69, 9.17) is 16.3 Å². The molecule has 2 N–H and O–H groups in total. The second kappa shape index (κ2) is 8.86. The molecule has 0 bridgehead atoms. The van der Waals surface area contributed by atoms with E-state index >= 15 is 0 Å². The highest BCUT2D eigenvalue weighted by Gasteiger charge is 2.19. The van der Waals surface area contributed by atoms with Gasteiger partial charge in [0, 0.05) is 22.8 Å². The van der Waals surface area contributed by atoms with Gasteiger partial charge < -0.3 is 15.4 Å². The Bertz CT molecular complexity index is 835. The Morgan fingerprint density at radius 3 is 2.63 bits per heavy atom. The minimum Gasteiger partial charge on any atom is -0.495 e. The van der Waals surface area contributed by atoms with Crippen LogP contribution < -0.4 is 15.4 Å². The molecule has 1 aliphatic carbocycles. The first-order chi connectivity index (χ1) is 13.1. The van der Waals surface area contributed by atoms with Gasteiger partial charge in [0.05, 0.1) is 12.8 Å². The maximum atomic E-state index is 12.6. The van der Waals surface area contributed by atoms with Gasteiger partial charge in [0.15, 0.2) is 0 Å². The highest BCUT2D eigenvalue weighted by molar-refractivity contribution is 6.31. The minimum absolute atomic E-state index is 0.182. The zero-order valence-electron chi connectivity index (χ0n) is 15.1. The van der Waals surface area contributed by atoms with Crippen molar-refractivity contribution in [3.63, 3.8) is 0 Å². The fourth-order valence-electron chi connectivity index (χ4n) is 3.17. The van der Waals surface area contributed by atoms with E-state index in [9.17, 15) is 9.59 Å². The highest BCUT2D eigenvalue weighted by atomic mass is 35.5. The van der Waals surface area contributed by atoms with E-state index in [0.29, 0.717) is 22.0 Å². The number of nitrogens with one attached hydrogen (secondary N) is 2. The number of methoxy groups -OCH3 is 1. The predicted molar refractivity (Wildman–Crippen MR) is 105 cm³/mol. The van der Waals surface area contributed by atoms with Gasteiger partial charge in [0.1, 0.15) is 11.4 Å². The summed E-state index contributed by atoms with van der Waals surface area (Å²) in [6, 6.07) is 8.19. The van der Waals surface area contributed by atoms with Crippen molar-refractivity contribution in [1.82, 2.24) is 10.3 Å². The van der Waals surface area contributed by atoms with E-state index in [-0.39, 0.29) is 23.6 Å². The standard InChI is InChI=1S/C20H22ClN3O3/c1-27-18-8-7-14(21)12-16(18)24-19(25)13-9-10-22-17(11-13)20(26)23-15-5-3-2-4-6-15/h7-12,15H,2-6H2,1H3,(H,23,26)(H,24,25). The molecule has 0 radical (unpaired) electrons. The van der Waals surface area contributed by atoms with Crippen LogP contribution in [0.3, 0.4) is 0 Å². The maximum Gasteiger partial charge on any atom is 0.270 e. The number of benzene rings is 1. The molecule has 27 heavy (non-hydrogen) atoms. The molecule has 1 aromatic carbocycles. The second-order valence-electron chi connectivity index (χ2n) is 6.54. The topological polar surface area (TPSA) is 80.3 Å². The average Bonchev–Trinajstić information content (AvgIpc) is 2.69. The summed E-state index contributed by atoms with van der Waals surface area (Å²) < 4.78 is 5.23. The van der Waals surface area contributed by atoms with E-state index < -0.39 is 0 Å². The van der Waals surface area contributed by atoms with Crippen molar-refractivity contribution in [2.45, 2.75) is 38.1 Å². The monoisotopic (exact) mass is 387 g/mol. The molecule has 2 aromatic rings. The third-order valence-corrected chi connectivity index (χ3v) is 4.84. The van der Waals surface area contributed by atoms with Crippen LogP contribution >= 0.6 is 11.6 Å². The molecule has 142 valence electrons. The molecule has 7 heteroatoms. The van der Waals surface area contributed by atoms with Crippen LogP contribution in [0, 0.1) is 0 Å². The zero-order chi connectivity index (χ0) is 19.2. The van der Waals surface area contributed by atoms with Crippen LogP contribution in [0.15, 0.2) is 36.5 Å². The lowest BCUT2D eigenvalue weighted by Crippen LogP contribution is -2.36. The Hall–Kier alpha value is -2.60. The van der Waals surface area contributed by atoms with Gasteiger partial charge in [-0.05, 0) is 43.2 Å². The fourth-order valence-corrected chi connectivity index (χ4v) is 3.35. The third kappa shape index (κ3) is 4.98. The Balaban J connectivity index is 1.72. The van der Waals surface area contributed by atoms with Crippen molar-refractivity contribution in [2.75, 3.05) is 12.4 Å². The summed E-state index contributed by atoms with van der Waals surface area (Å²) in [5.74, 6) is -0.126.